The van der Waals surface area contributed by atoms with Crippen LogP contribution in [0, 0.1) is 0 Å². The molecule has 43 heavy (non-hydrogen) atoms. The standard InChI is InChI=1S/C40H31N3/c1-2-43-39-25-30(29-13-11-28(12-14-29)27-8-4-3-5-9-27)15-20-35(39)36-21-16-31-24-32(17-19-34(31)40(36)43)38-22-18-33(26-42-38)37-10-6-7-23-41-37/h3-22,24-25H,2,23,26H2,1H3/q-2. The molecule has 3 heteroatoms. The minimum atomic E-state index is 0.660. The molecule has 3 heterocycles. The first kappa shape index (κ1) is 25.4. The zero-order valence-electron chi connectivity index (χ0n) is 24.2. The summed E-state index contributed by atoms with van der Waals surface area (Å²) in [6, 6.07) is 37.7. The van der Waals surface area contributed by atoms with E-state index in [1.54, 1.807) is 0 Å². The zero-order valence-corrected chi connectivity index (χ0v) is 24.2. The molecule has 0 aliphatic carbocycles. The van der Waals surface area contributed by atoms with Crippen molar-refractivity contribution in [1.82, 2.24) is 4.57 Å². The third-order valence-corrected chi connectivity index (χ3v) is 8.73. The van der Waals surface area contributed by atoms with Gasteiger partial charge in [0.2, 0.25) is 0 Å². The summed E-state index contributed by atoms with van der Waals surface area (Å²) in [7, 11) is 0. The summed E-state index contributed by atoms with van der Waals surface area (Å²) in [6.07, 6.45) is 10.5. The lowest BCUT2D eigenvalue weighted by Crippen LogP contribution is -2.02. The van der Waals surface area contributed by atoms with Crippen LogP contribution in [-0.2, 0) is 6.54 Å². The van der Waals surface area contributed by atoms with Gasteiger partial charge in [-0.2, -0.15) is 0 Å². The maximum atomic E-state index is 4.92. The largest absolute Gasteiger partial charge is 0.681 e. The van der Waals surface area contributed by atoms with Gasteiger partial charge in [-0.1, -0.05) is 121 Å². The van der Waals surface area contributed by atoms with Crippen molar-refractivity contribution < 1.29 is 0 Å². The Morgan fingerprint density at radius 1 is 0.605 bits per heavy atom. The third kappa shape index (κ3) is 4.45. The van der Waals surface area contributed by atoms with E-state index in [1.165, 1.54) is 60.4 Å². The highest BCUT2D eigenvalue weighted by atomic mass is 15.0. The molecule has 0 radical (unpaired) electrons. The summed E-state index contributed by atoms with van der Waals surface area (Å²) in [5.41, 5.74) is 11.9. The van der Waals surface area contributed by atoms with Crippen molar-refractivity contribution in [3.05, 3.63) is 161 Å². The molecule has 0 spiro atoms. The number of aromatic nitrogens is 1. The molecule has 5 aromatic carbocycles. The summed E-state index contributed by atoms with van der Waals surface area (Å²) >= 11 is 0. The molecule has 0 saturated heterocycles. The van der Waals surface area contributed by atoms with E-state index in [2.05, 4.69) is 150 Å². The van der Waals surface area contributed by atoms with Crippen LogP contribution in [0.25, 0.3) is 71.2 Å². The Balaban J connectivity index is 1.17. The Bertz CT molecular complexity index is 2140. The SMILES string of the molecule is CCn1c2cc(-c3ccc(-c4ccccc4)cc3)ccc2c2ccc3cc(C4=CC=C(C5=CC=CC[N-]5)C[N-]4)ccc3c21. The van der Waals surface area contributed by atoms with E-state index < -0.39 is 0 Å². The van der Waals surface area contributed by atoms with Crippen LogP contribution in [-0.4, -0.2) is 17.7 Å². The Hall–Kier alpha value is -5.28. The van der Waals surface area contributed by atoms with Gasteiger partial charge >= 0.3 is 0 Å². The molecule has 0 fully saturated rings. The highest BCUT2D eigenvalue weighted by Gasteiger charge is 2.14. The smallest absolute Gasteiger partial charge is 0.0570 e. The topological polar surface area (TPSA) is 33.1 Å². The average Bonchev–Trinajstić information content (AvgIpc) is 3.42. The molecule has 0 saturated carbocycles. The molecule has 208 valence electrons. The van der Waals surface area contributed by atoms with Gasteiger partial charge in [0.1, 0.15) is 0 Å². The van der Waals surface area contributed by atoms with Crippen LogP contribution in [0.15, 0.2) is 145 Å². The highest BCUT2D eigenvalue weighted by Crippen LogP contribution is 2.38. The van der Waals surface area contributed by atoms with E-state index >= 15 is 0 Å². The summed E-state index contributed by atoms with van der Waals surface area (Å²) in [4.78, 5) is 0. The average molecular weight is 554 g/mol. The molecule has 0 atom stereocenters. The van der Waals surface area contributed by atoms with E-state index in [9.17, 15) is 0 Å². The Labute approximate surface area is 252 Å². The van der Waals surface area contributed by atoms with Gasteiger partial charge in [-0.25, -0.2) is 0 Å². The molecule has 2 aliphatic rings. The molecule has 0 unspecified atom stereocenters. The molecular weight excluding hydrogens is 522 g/mol. The predicted octanol–water partition coefficient (Wildman–Crippen LogP) is 10.8. The first-order chi connectivity index (χ1) is 21.3. The minimum absolute atomic E-state index is 0.660. The van der Waals surface area contributed by atoms with Gasteiger partial charge in [0, 0.05) is 28.2 Å². The summed E-state index contributed by atoms with van der Waals surface area (Å²) < 4.78 is 2.48. The molecule has 8 rings (SSSR count). The lowest BCUT2D eigenvalue weighted by molar-refractivity contribution is 0.829. The van der Waals surface area contributed by atoms with Crippen LogP contribution in [0.1, 0.15) is 12.5 Å². The Morgan fingerprint density at radius 3 is 2.07 bits per heavy atom. The minimum Gasteiger partial charge on any atom is -0.681 e. The fourth-order valence-electron chi connectivity index (χ4n) is 6.52. The number of allylic oxidation sites excluding steroid dienone is 4. The van der Waals surface area contributed by atoms with Crippen LogP contribution >= 0.6 is 0 Å². The van der Waals surface area contributed by atoms with Gasteiger partial charge in [-0.05, 0) is 52.3 Å². The molecule has 2 aliphatic heterocycles. The van der Waals surface area contributed by atoms with Crippen LogP contribution in [0.5, 0.6) is 0 Å². The van der Waals surface area contributed by atoms with Gasteiger partial charge in [0.15, 0.2) is 0 Å². The highest BCUT2D eigenvalue weighted by molar-refractivity contribution is 6.18. The van der Waals surface area contributed by atoms with Crippen molar-refractivity contribution in [3.63, 3.8) is 0 Å². The maximum Gasteiger partial charge on any atom is 0.0570 e. The summed E-state index contributed by atoms with van der Waals surface area (Å²) in [5.74, 6) is 0. The number of nitrogens with zero attached hydrogens (tertiary/aromatic N) is 3. The van der Waals surface area contributed by atoms with Crippen molar-refractivity contribution in [2.24, 2.45) is 0 Å². The van der Waals surface area contributed by atoms with Gasteiger partial charge in [-0.15, -0.1) is 30.6 Å². The van der Waals surface area contributed by atoms with Gasteiger partial charge in [-0.3, -0.25) is 0 Å². The Morgan fingerprint density at radius 2 is 1.33 bits per heavy atom. The summed E-state index contributed by atoms with van der Waals surface area (Å²) in [5, 5.41) is 14.6. The fraction of sp³-hybridized carbons (Fsp3) is 0.100. The Kier molecular flexibility index (Phi) is 6.22. The second-order valence-electron chi connectivity index (χ2n) is 11.2. The van der Waals surface area contributed by atoms with Crippen LogP contribution < -0.4 is 0 Å². The number of aryl methyl sites for hydroxylation is 1. The first-order valence-corrected chi connectivity index (χ1v) is 15.0. The van der Waals surface area contributed by atoms with E-state index in [-0.39, 0.29) is 0 Å². The summed E-state index contributed by atoms with van der Waals surface area (Å²) in [6.45, 7) is 4.55. The second kappa shape index (κ2) is 10.5. The molecule has 6 aromatic rings. The second-order valence-corrected chi connectivity index (χ2v) is 11.2. The van der Waals surface area contributed by atoms with Crippen LogP contribution in [0.3, 0.4) is 0 Å². The van der Waals surface area contributed by atoms with Crippen LogP contribution in [0.4, 0.5) is 0 Å². The van der Waals surface area contributed by atoms with Crippen molar-refractivity contribution in [1.29, 1.82) is 0 Å². The quantitative estimate of drug-likeness (QED) is 0.203. The van der Waals surface area contributed by atoms with Crippen molar-refractivity contribution in [3.8, 4) is 22.3 Å². The number of fused-ring (bicyclic) bond motifs is 5. The predicted molar refractivity (Wildman–Crippen MR) is 183 cm³/mol. The van der Waals surface area contributed by atoms with Crippen molar-refractivity contribution in [2.75, 3.05) is 13.1 Å². The van der Waals surface area contributed by atoms with Gasteiger partial charge in [0.05, 0.1) is 5.52 Å². The lowest BCUT2D eigenvalue weighted by atomic mass is 9.98. The number of hydrogen-bond acceptors (Lipinski definition) is 0. The van der Waals surface area contributed by atoms with E-state index in [4.69, 9.17) is 5.32 Å². The normalized spacial score (nSPS) is 14.8. The third-order valence-electron chi connectivity index (χ3n) is 8.73. The van der Waals surface area contributed by atoms with E-state index in [0.29, 0.717) is 6.54 Å². The number of benzene rings is 5. The first-order valence-electron chi connectivity index (χ1n) is 15.0. The van der Waals surface area contributed by atoms with Gasteiger partial charge < -0.3 is 15.2 Å². The maximum absolute atomic E-state index is 4.92. The molecule has 1 aromatic heterocycles. The molecule has 0 amide bonds. The lowest BCUT2D eigenvalue weighted by Gasteiger charge is -2.37. The van der Waals surface area contributed by atoms with Gasteiger partial charge in [0.25, 0.3) is 0 Å². The number of hydrogen-bond donors (Lipinski definition) is 0. The van der Waals surface area contributed by atoms with Crippen LogP contribution in [0.2, 0.25) is 0 Å². The van der Waals surface area contributed by atoms with E-state index in [1.807, 2.05) is 0 Å². The fourth-order valence-corrected chi connectivity index (χ4v) is 6.52. The molecular formula is C40H31N3-2. The number of rotatable bonds is 5. The zero-order chi connectivity index (χ0) is 28.8. The molecule has 0 N–H and O–H groups in total. The van der Waals surface area contributed by atoms with Crippen molar-refractivity contribution >= 4 is 38.3 Å². The van der Waals surface area contributed by atoms with Crippen molar-refractivity contribution in [2.45, 2.75) is 13.5 Å². The molecule has 3 nitrogen and oxygen atoms in total. The van der Waals surface area contributed by atoms with E-state index in [0.717, 1.165) is 30.0 Å². The molecule has 0 bridgehead atoms. The monoisotopic (exact) mass is 553 g/mol.